The minimum atomic E-state index is -4.16. The molecule has 1 amide bonds. The molecule has 0 saturated carbocycles. The van der Waals surface area contributed by atoms with Gasteiger partial charge in [-0.2, -0.15) is 16.5 Å². The van der Waals surface area contributed by atoms with Crippen LogP contribution in [0.15, 0.2) is 53.4 Å². The van der Waals surface area contributed by atoms with Crippen LogP contribution in [0.25, 0.3) is 0 Å². The van der Waals surface area contributed by atoms with Crippen molar-refractivity contribution in [2.45, 2.75) is 24.3 Å². The fraction of sp³-hybridized carbons (Fsp3) is 0.278. The summed E-state index contributed by atoms with van der Waals surface area (Å²) >= 11 is 1.49. The van der Waals surface area contributed by atoms with E-state index in [1.54, 1.807) is 18.2 Å². The number of nitrogens with one attached hydrogen (secondary N) is 2. The number of carbonyl (C=O) groups excluding carboxylic acids is 1. The average Bonchev–Trinajstić information content (AvgIpc) is 2.58. The fourth-order valence-corrected chi connectivity index (χ4v) is 4.13. The van der Waals surface area contributed by atoms with Crippen molar-refractivity contribution >= 4 is 33.4 Å². The molecule has 0 radical (unpaired) electrons. The van der Waals surface area contributed by atoms with Crippen molar-refractivity contribution < 1.29 is 17.6 Å². The molecule has 0 aromatic heterocycles. The van der Waals surface area contributed by atoms with Gasteiger partial charge < -0.3 is 5.32 Å². The number of halogens is 1. The third-order valence-electron chi connectivity index (χ3n) is 3.64. The number of thioether (sulfide) groups is 1. The summed E-state index contributed by atoms with van der Waals surface area (Å²) in [5, 5.41) is 2.71. The van der Waals surface area contributed by atoms with Crippen LogP contribution in [0.5, 0.6) is 0 Å². The smallest absolute Gasteiger partial charge is 0.244 e. The summed E-state index contributed by atoms with van der Waals surface area (Å²) in [5.74, 6) is -0.765. The molecule has 2 aromatic rings. The third-order valence-corrected chi connectivity index (χ3v) is 5.79. The van der Waals surface area contributed by atoms with E-state index in [4.69, 9.17) is 0 Å². The van der Waals surface area contributed by atoms with Gasteiger partial charge in [-0.15, -0.1) is 0 Å². The van der Waals surface area contributed by atoms with Crippen LogP contribution >= 0.6 is 11.8 Å². The van der Waals surface area contributed by atoms with Crippen LogP contribution in [0, 0.1) is 12.7 Å². The molecule has 2 rings (SSSR count). The van der Waals surface area contributed by atoms with Crippen LogP contribution in [0.2, 0.25) is 0 Å². The number of aryl methyl sites for hydroxylation is 1. The molecule has 0 aliphatic heterocycles. The van der Waals surface area contributed by atoms with Gasteiger partial charge in [-0.1, -0.05) is 24.3 Å². The Morgan fingerprint density at radius 2 is 1.92 bits per heavy atom. The van der Waals surface area contributed by atoms with Crippen LogP contribution in [-0.2, 0) is 14.8 Å². The maximum Gasteiger partial charge on any atom is 0.244 e. The van der Waals surface area contributed by atoms with E-state index in [1.165, 1.54) is 30.0 Å². The van der Waals surface area contributed by atoms with Crippen molar-refractivity contribution in [1.82, 2.24) is 4.72 Å². The minimum Gasteiger partial charge on any atom is -0.325 e. The van der Waals surface area contributed by atoms with Gasteiger partial charge >= 0.3 is 0 Å². The molecule has 26 heavy (non-hydrogen) atoms. The topological polar surface area (TPSA) is 75.3 Å². The van der Waals surface area contributed by atoms with Crippen molar-refractivity contribution in [1.29, 1.82) is 0 Å². The van der Waals surface area contributed by atoms with Crippen molar-refractivity contribution in [2.24, 2.45) is 0 Å². The van der Waals surface area contributed by atoms with Gasteiger partial charge in [0.05, 0.1) is 0 Å². The Balaban J connectivity index is 2.21. The van der Waals surface area contributed by atoms with E-state index in [1.807, 2.05) is 19.2 Å². The summed E-state index contributed by atoms with van der Waals surface area (Å²) in [5.41, 5.74) is 1.55. The summed E-state index contributed by atoms with van der Waals surface area (Å²) < 4.78 is 41.2. The highest BCUT2D eigenvalue weighted by Gasteiger charge is 2.27. The lowest BCUT2D eigenvalue weighted by molar-refractivity contribution is -0.117. The van der Waals surface area contributed by atoms with Gasteiger partial charge in [-0.3, -0.25) is 4.79 Å². The maximum atomic E-state index is 13.9. The van der Waals surface area contributed by atoms with Crippen LogP contribution in [-0.4, -0.2) is 32.4 Å². The second kappa shape index (κ2) is 9.16. The maximum absolute atomic E-state index is 13.9. The van der Waals surface area contributed by atoms with E-state index in [0.29, 0.717) is 11.4 Å². The second-order valence-electron chi connectivity index (χ2n) is 5.74. The van der Waals surface area contributed by atoms with E-state index in [9.17, 15) is 17.6 Å². The zero-order valence-corrected chi connectivity index (χ0v) is 16.2. The predicted octanol–water partition coefficient (Wildman–Crippen LogP) is 3.17. The van der Waals surface area contributed by atoms with E-state index in [2.05, 4.69) is 10.0 Å². The SMILES string of the molecule is CSCCC(NS(=O)(=O)c1ccccc1F)C(=O)Nc1cccc(C)c1. The fourth-order valence-electron chi connectivity index (χ4n) is 2.34. The minimum absolute atomic E-state index is 0.284. The molecule has 0 aliphatic rings. The first kappa shape index (κ1) is 20.4. The Morgan fingerprint density at radius 1 is 1.19 bits per heavy atom. The van der Waals surface area contributed by atoms with Gasteiger partial charge in [0.1, 0.15) is 16.8 Å². The van der Waals surface area contributed by atoms with E-state index in [0.717, 1.165) is 11.6 Å². The second-order valence-corrected chi connectivity index (χ2v) is 8.41. The zero-order valence-electron chi connectivity index (χ0n) is 14.5. The number of anilines is 1. The van der Waals surface area contributed by atoms with Gasteiger partial charge in [0, 0.05) is 5.69 Å². The van der Waals surface area contributed by atoms with E-state index < -0.39 is 32.7 Å². The van der Waals surface area contributed by atoms with Gasteiger partial charge in [0.25, 0.3) is 0 Å². The lowest BCUT2D eigenvalue weighted by Gasteiger charge is -2.18. The van der Waals surface area contributed by atoms with Crippen molar-refractivity contribution in [3.63, 3.8) is 0 Å². The molecule has 0 spiro atoms. The number of rotatable bonds is 8. The van der Waals surface area contributed by atoms with Gasteiger partial charge in [0.2, 0.25) is 15.9 Å². The third kappa shape index (κ3) is 5.55. The van der Waals surface area contributed by atoms with Gasteiger partial charge in [0.15, 0.2) is 0 Å². The molecule has 2 aromatic carbocycles. The van der Waals surface area contributed by atoms with Crippen LogP contribution in [0.4, 0.5) is 10.1 Å². The molecule has 0 saturated heterocycles. The first-order chi connectivity index (χ1) is 12.3. The molecule has 8 heteroatoms. The summed E-state index contributed by atoms with van der Waals surface area (Å²) in [4.78, 5) is 12.1. The molecule has 2 N–H and O–H groups in total. The van der Waals surface area contributed by atoms with Crippen LogP contribution in [0.1, 0.15) is 12.0 Å². The first-order valence-electron chi connectivity index (χ1n) is 7.97. The summed E-state index contributed by atoms with van der Waals surface area (Å²) in [6, 6.07) is 11.3. The van der Waals surface area contributed by atoms with Crippen LogP contribution < -0.4 is 10.0 Å². The highest BCUT2D eigenvalue weighted by atomic mass is 32.2. The normalized spacial score (nSPS) is 12.6. The van der Waals surface area contributed by atoms with E-state index >= 15 is 0 Å². The largest absolute Gasteiger partial charge is 0.325 e. The number of carbonyl (C=O) groups is 1. The summed E-state index contributed by atoms with van der Waals surface area (Å²) in [6.07, 6.45) is 2.15. The average molecular weight is 397 g/mol. The quantitative estimate of drug-likeness (QED) is 0.719. The molecule has 0 fully saturated rings. The predicted molar refractivity (Wildman–Crippen MR) is 103 cm³/mol. The molecule has 1 unspecified atom stereocenters. The lowest BCUT2D eigenvalue weighted by atomic mass is 10.2. The molecule has 5 nitrogen and oxygen atoms in total. The van der Waals surface area contributed by atoms with E-state index in [-0.39, 0.29) is 6.42 Å². The Kier molecular flexibility index (Phi) is 7.19. The number of sulfonamides is 1. The molecular weight excluding hydrogens is 375 g/mol. The summed E-state index contributed by atoms with van der Waals surface area (Å²) in [6.45, 7) is 1.89. The molecule has 0 bridgehead atoms. The number of hydrogen-bond donors (Lipinski definition) is 2. The Bertz CT molecular complexity index is 872. The molecular formula is C18H21FN2O3S2. The Hall–Kier alpha value is -1.90. The lowest BCUT2D eigenvalue weighted by Crippen LogP contribution is -2.44. The molecule has 0 aliphatic carbocycles. The summed E-state index contributed by atoms with van der Waals surface area (Å²) in [7, 11) is -4.16. The standard InChI is InChI=1S/C18H21FN2O3S2/c1-13-6-5-7-14(12-13)20-18(22)16(10-11-25-2)21-26(23,24)17-9-4-3-8-15(17)19/h3-9,12,16,21H,10-11H2,1-2H3,(H,20,22). The zero-order chi connectivity index (χ0) is 19.2. The van der Waals surface area contributed by atoms with Crippen molar-refractivity contribution in [2.75, 3.05) is 17.3 Å². The monoisotopic (exact) mass is 396 g/mol. The number of hydrogen-bond acceptors (Lipinski definition) is 4. The van der Waals surface area contributed by atoms with Crippen molar-refractivity contribution in [3.05, 3.63) is 59.9 Å². The highest BCUT2D eigenvalue weighted by molar-refractivity contribution is 7.98. The van der Waals surface area contributed by atoms with Gasteiger partial charge in [-0.25, -0.2) is 12.8 Å². The first-order valence-corrected chi connectivity index (χ1v) is 10.8. The van der Waals surface area contributed by atoms with Crippen molar-refractivity contribution in [3.8, 4) is 0 Å². The van der Waals surface area contributed by atoms with Gasteiger partial charge in [-0.05, 0) is 55.2 Å². The number of benzene rings is 2. The molecule has 140 valence electrons. The Labute approximate surface area is 157 Å². The Morgan fingerprint density at radius 3 is 2.58 bits per heavy atom. The number of amides is 1. The molecule has 0 heterocycles. The van der Waals surface area contributed by atoms with Crippen LogP contribution in [0.3, 0.4) is 0 Å². The highest BCUT2D eigenvalue weighted by Crippen LogP contribution is 2.16. The molecule has 1 atom stereocenters.